The number of quaternary nitrogens is 1. The van der Waals surface area contributed by atoms with Crippen LogP contribution >= 0.6 is 0 Å². The van der Waals surface area contributed by atoms with E-state index < -0.39 is 0 Å². The topological polar surface area (TPSA) is 0 Å². The minimum atomic E-state index is 0. The molecule has 0 aromatic carbocycles. The van der Waals surface area contributed by atoms with E-state index in [0.717, 1.165) is 10.9 Å². The molecule has 0 atom stereocenters. The van der Waals surface area contributed by atoms with Crippen LogP contribution < -0.4 is 12.4 Å². The lowest BCUT2D eigenvalue weighted by Crippen LogP contribution is -3.00. The fourth-order valence-electron chi connectivity index (χ4n) is 2.93. The lowest BCUT2D eigenvalue weighted by atomic mass is 10.1. The maximum absolute atomic E-state index is 3.82. The Labute approximate surface area is 147 Å². The molecule has 0 rings (SSSR count). The maximum Gasteiger partial charge on any atom is 0.0817 e. The molecule has 0 saturated carbocycles. The molecule has 0 heterocycles. The fraction of sp³-hybridized carbons (Fsp3) is 0.900. The Hall–Kier alpha value is -0.0100. The van der Waals surface area contributed by atoms with Crippen LogP contribution in [0.3, 0.4) is 0 Å². The van der Waals surface area contributed by atoms with E-state index in [9.17, 15) is 0 Å². The normalized spacial score (nSPS) is 11.2. The molecule has 22 heavy (non-hydrogen) atoms. The van der Waals surface area contributed by atoms with Crippen molar-refractivity contribution in [3.05, 3.63) is 12.7 Å². The average molecular weight is 332 g/mol. The van der Waals surface area contributed by atoms with Gasteiger partial charge in [0, 0.05) is 6.42 Å². The van der Waals surface area contributed by atoms with E-state index in [1.807, 2.05) is 6.08 Å². The number of halogens is 1. The molecule has 0 aliphatic heterocycles. The number of hydrogen-bond donors (Lipinski definition) is 0. The Morgan fingerprint density at radius 1 is 0.682 bits per heavy atom. The first-order valence-corrected chi connectivity index (χ1v) is 9.55. The largest absolute Gasteiger partial charge is 1.00 e. The summed E-state index contributed by atoms with van der Waals surface area (Å²) in [5, 5.41) is 0. The van der Waals surface area contributed by atoms with Crippen molar-refractivity contribution in [1.82, 2.24) is 0 Å². The summed E-state index contributed by atoms with van der Waals surface area (Å²) in [6, 6.07) is 0. The monoisotopic (exact) mass is 331 g/mol. The minimum Gasteiger partial charge on any atom is -1.00 e. The van der Waals surface area contributed by atoms with Gasteiger partial charge in [-0.1, -0.05) is 77.2 Å². The first kappa shape index (κ1) is 24.2. The summed E-state index contributed by atoms with van der Waals surface area (Å²) in [5.74, 6) is 0. The van der Waals surface area contributed by atoms with Crippen molar-refractivity contribution in [3.63, 3.8) is 0 Å². The van der Waals surface area contributed by atoms with E-state index in [0.29, 0.717) is 0 Å². The summed E-state index contributed by atoms with van der Waals surface area (Å²) in [7, 11) is 4.70. The third-order valence-corrected chi connectivity index (χ3v) is 4.56. The number of unbranched alkanes of at least 4 members (excludes halogenated alkanes) is 11. The van der Waals surface area contributed by atoms with E-state index in [1.54, 1.807) is 0 Å². The molecule has 1 nitrogen and oxygen atoms in total. The first-order valence-electron chi connectivity index (χ1n) is 9.55. The molecule has 0 fully saturated rings. The molecule has 0 saturated heterocycles. The molecule has 0 amide bonds. The second-order valence-corrected chi connectivity index (χ2v) is 7.35. The van der Waals surface area contributed by atoms with Gasteiger partial charge in [0.05, 0.1) is 27.2 Å². The van der Waals surface area contributed by atoms with Crippen LogP contribution in [0.4, 0.5) is 0 Å². The van der Waals surface area contributed by atoms with Crippen LogP contribution in [-0.2, 0) is 0 Å². The summed E-state index contributed by atoms with van der Waals surface area (Å²) in [4.78, 5) is 0. The van der Waals surface area contributed by atoms with Crippen molar-refractivity contribution in [3.8, 4) is 0 Å². The summed E-state index contributed by atoms with van der Waals surface area (Å²) >= 11 is 0. The smallest absolute Gasteiger partial charge is 0.0817 e. The van der Waals surface area contributed by atoms with Gasteiger partial charge in [-0.15, -0.1) is 6.58 Å². The highest BCUT2D eigenvalue weighted by molar-refractivity contribution is 4.64. The van der Waals surface area contributed by atoms with Crippen LogP contribution in [0.25, 0.3) is 0 Å². The maximum atomic E-state index is 3.82. The van der Waals surface area contributed by atoms with Gasteiger partial charge >= 0.3 is 0 Å². The highest BCUT2D eigenvalue weighted by atomic mass is 35.5. The van der Waals surface area contributed by atoms with Gasteiger partial charge in [-0.2, -0.15) is 0 Å². The van der Waals surface area contributed by atoms with Crippen molar-refractivity contribution in [2.24, 2.45) is 0 Å². The Bertz CT molecular complexity index is 226. The van der Waals surface area contributed by atoms with Gasteiger partial charge in [-0.3, -0.25) is 0 Å². The molecule has 134 valence electrons. The molecular formula is C20H42ClN. The predicted octanol–water partition coefficient (Wildman–Crippen LogP) is 3.34. The van der Waals surface area contributed by atoms with Crippen LogP contribution in [-0.4, -0.2) is 31.7 Å². The molecule has 0 radical (unpaired) electrons. The van der Waals surface area contributed by atoms with Gasteiger partial charge in [0.25, 0.3) is 0 Å². The van der Waals surface area contributed by atoms with Crippen LogP contribution in [0.5, 0.6) is 0 Å². The zero-order valence-corrected chi connectivity index (χ0v) is 16.5. The van der Waals surface area contributed by atoms with Gasteiger partial charge < -0.3 is 16.9 Å². The molecule has 0 aliphatic rings. The van der Waals surface area contributed by atoms with E-state index in [2.05, 4.69) is 27.6 Å². The Kier molecular flexibility index (Phi) is 19.1. The Morgan fingerprint density at radius 3 is 1.50 bits per heavy atom. The SMILES string of the molecule is C=CCC[N+](C)(C)CCCCCCCCCCCCCC.[Cl-]. The van der Waals surface area contributed by atoms with Crippen molar-refractivity contribution >= 4 is 0 Å². The molecule has 0 N–H and O–H groups in total. The molecule has 0 aromatic heterocycles. The number of hydrogen-bond acceptors (Lipinski definition) is 0. The number of rotatable bonds is 16. The lowest BCUT2D eigenvalue weighted by Gasteiger charge is -2.29. The summed E-state index contributed by atoms with van der Waals surface area (Å²) in [6.45, 7) is 8.67. The molecule has 0 bridgehead atoms. The third kappa shape index (κ3) is 18.0. The molecule has 2 heteroatoms. The second-order valence-electron chi connectivity index (χ2n) is 7.35. The van der Waals surface area contributed by atoms with Crippen LogP contribution in [0, 0.1) is 0 Å². The van der Waals surface area contributed by atoms with Crippen LogP contribution in [0.15, 0.2) is 12.7 Å². The van der Waals surface area contributed by atoms with E-state index in [1.165, 1.54) is 90.1 Å². The zero-order chi connectivity index (χ0) is 15.8. The van der Waals surface area contributed by atoms with Crippen LogP contribution in [0.2, 0.25) is 0 Å². The van der Waals surface area contributed by atoms with Crippen LogP contribution in [0.1, 0.15) is 90.4 Å². The van der Waals surface area contributed by atoms with E-state index in [-0.39, 0.29) is 12.4 Å². The third-order valence-electron chi connectivity index (χ3n) is 4.56. The summed E-state index contributed by atoms with van der Waals surface area (Å²) < 4.78 is 1.16. The van der Waals surface area contributed by atoms with Crippen molar-refractivity contribution in [1.29, 1.82) is 0 Å². The zero-order valence-electron chi connectivity index (χ0n) is 15.7. The van der Waals surface area contributed by atoms with Gasteiger partial charge in [-0.05, 0) is 12.8 Å². The highest BCUT2D eigenvalue weighted by Gasteiger charge is 2.12. The van der Waals surface area contributed by atoms with Crippen molar-refractivity contribution in [2.45, 2.75) is 90.4 Å². The first-order chi connectivity index (χ1) is 10.1. The van der Waals surface area contributed by atoms with Gasteiger partial charge in [0.1, 0.15) is 0 Å². The summed E-state index contributed by atoms with van der Waals surface area (Å²) in [5.41, 5.74) is 0. The Morgan fingerprint density at radius 2 is 1.09 bits per heavy atom. The Balaban J connectivity index is 0. The minimum absolute atomic E-state index is 0. The fourth-order valence-corrected chi connectivity index (χ4v) is 2.93. The number of nitrogens with zero attached hydrogens (tertiary/aromatic N) is 1. The van der Waals surface area contributed by atoms with Gasteiger partial charge in [0.2, 0.25) is 0 Å². The standard InChI is InChI=1S/C20H42N.ClH/c1-5-7-9-10-11-12-13-14-15-16-17-18-20-21(3,4)19-8-6-2;/h6H,2,5,7-20H2,1,3-4H3;1H/q+1;/p-1. The van der Waals surface area contributed by atoms with Crippen molar-refractivity contribution < 1.29 is 16.9 Å². The van der Waals surface area contributed by atoms with Crippen molar-refractivity contribution in [2.75, 3.05) is 27.2 Å². The molecule has 0 aliphatic carbocycles. The second kappa shape index (κ2) is 17.3. The molecule has 0 aromatic rings. The highest BCUT2D eigenvalue weighted by Crippen LogP contribution is 2.12. The quantitative estimate of drug-likeness (QED) is 0.231. The van der Waals surface area contributed by atoms with E-state index >= 15 is 0 Å². The molecule has 0 unspecified atom stereocenters. The average Bonchev–Trinajstić information content (AvgIpc) is 2.46. The molecular weight excluding hydrogens is 290 g/mol. The molecule has 0 spiro atoms. The summed E-state index contributed by atoms with van der Waals surface area (Å²) in [6.07, 6.45) is 20.5. The van der Waals surface area contributed by atoms with Gasteiger partial charge in [-0.25, -0.2) is 0 Å². The van der Waals surface area contributed by atoms with Gasteiger partial charge in [0.15, 0.2) is 0 Å². The predicted molar refractivity (Wildman–Crippen MR) is 97.7 cm³/mol. The lowest BCUT2D eigenvalue weighted by molar-refractivity contribution is -0.890. The van der Waals surface area contributed by atoms with E-state index in [4.69, 9.17) is 0 Å².